The Morgan fingerprint density at radius 2 is 1.93 bits per heavy atom. The SMILES string of the molecule is CC1CN(C(=O)CC(c2ccc(F)cc2)c2c(O)ccc3ccccc23)CCN1. The number of hydrogen-bond donors (Lipinski definition) is 2. The number of amides is 1. The van der Waals surface area contributed by atoms with Crippen molar-refractivity contribution in [1.82, 2.24) is 10.2 Å². The maximum absolute atomic E-state index is 13.5. The highest BCUT2D eigenvalue weighted by molar-refractivity contribution is 5.90. The van der Waals surface area contributed by atoms with Gasteiger partial charge in [-0.3, -0.25) is 4.79 Å². The number of phenolic OH excluding ortho intramolecular Hbond substituents is 1. The van der Waals surface area contributed by atoms with Gasteiger partial charge in [0, 0.05) is 43.6 Å². The summed E-state index contributed by atoms with van der Waals surface area (Å²) in [4.78, 5) is 15.0. The maximum Gasteiger partial charge on any atom is 0.223 e. The summed E-state index contributed by atoms with van der Waals surface area (Å²) in [5.74, 6) is -0.490. The quantitative estimate of drug-likeness (QED) is 0.705. The average molecular weight is 392 g/mol. The summed E-state index contributed by atoms with van der Waals surface area (Å²) >= 11 is 0. The third-order valence-corrected chi connectivity index (χ3v) is 5.67. The maximum atomic E-state index is 13.5. The van der Waals surface area contributed by atoms with E-state index in [0.717, 1.165) is 22.9 Å². The van der Waals surface area contributed by atoms with E-state index in [-0.39, 0.29) is 35.9 Å². The highest BCUT2D eigenvalue weighted by atomic mass is 19.1. The van der Waals surface area contributed by atoms with E-state index >= 15 is 0 Å². The lowest BCUT2D eigenvalue weighted by molar-refractivity contribution is -0.132. The number of carbonyl (C=O) groups is 1. The number of halogens is 1. The smallest absolute Gasteiger partial charge is 0.223 e. The zero-order valence-corrected chi connectivity index (χ0v) is 16.4. The molecule has 0 spiro atoms. The van der Waals surface area contributed by atoms with Crippen LogP contribution < -0.4 is 5.32 Å². The van der Waals surface area contributed by atoms with Gasteiger partial charge in [-0.2, -0.15) is 0 Å². The van der Waals surface area contributed by atoms with Crippen molar-refractivity contribution >= 4 is 16.7 Å². The molecule has 1 aliphatic rings. The Kier molecular flexibility index (Phi) is 5.49. The lowest BCUT2D eigenvalue weighted by Gasteiger charge is -2.33. The molecule has 1 amide bonds. The van der Waals surface area contributed by atoms with Crippen molar-refractivity contribution in [3.63, 3.8) is 0 Å². The third kappa shape index (κ3) is 4.10. The Balaban J connectivity index is 1.77. The van der Waals surface area contributed by atoms with Gasteiger partial charge in [-0.15, -0.1) is 0 Å². The summed E-state index contributed by atoms with van der Waals surface area (Å²) in [7, 11) is 0. The number of carbonyl (C=O) groups excluding carboxylic acids is 1. The van der Waals surface area contributed by atoms with Gasteiger partial charge in [0.1, 0.15) is 11.6 Å². The second kappa shape index (κ2) is 8.21. The molecule has 0 aliphatic carbocycles. The number of nitrogens with one attached hydrogen (secondary N) is 1. The van der Waals surface area contributed by atoms with Gasteiger partial charge in [0.2, 0.25) is 5.91 Å². The zero-order valence-electron chi connectivity index (χ0n) is 16.4. The first kappa shape index (κ1) is 19.4. The van der Waals surface area contributed by atoms with Gasteiger partial charge in [0.05, 0.1) is 0 Å². The predicted octanol–water partition coefficient (Wildman–Crippen LogP) is 4.03. The Labute approximate surface area is 170 Å². The minimum absolute atomic E-state index is 0.0417. The topological polar surface area (TPSA) is 52.6 Å². The number of nitrogens with zero attached hydrogens (tertiary/aromatic N) is 1. The number of phenols is 1. The third-order valence-electron chi connectivity index (χ3n) is 5.67. The number of hydrogen-bond acceptors (Lipinski definition) is 3. The second-order valence-electron chi connectivity index (χ2n) is 7.72. The van der Waals surface area contributed by atoms with Crippen LogP contribution in [0.2, 0.25) is 0 Å². The van der Waals surface area contributed by atoms with Crippen molar-refractivity contribution in [1.29, 1.82) is 0 Å². The molecule has 2 unspecified atom stereocenters. The summed E-state index contributed by atoms with van der Waals surface area (Å²) in [5, 5.41) is 16.0. The van der Waals surface area contributed by atoms with Crippen molar-refractivity contribution in [3.05, 3.63) is 77.6 Å². The van der Waals surface area contributed by atoms with E-state index in [0.29, 0.717) is 18.7 Å². The fourth-order valence-electron chi connectivity index (χ4n) is 4.19. The highest BCUT2D eigenvalue weighted by Crippen LogP contribution is 2.39. The van der Waals surface area contributed by atoms with Gasteiger partial charge in [0.15, 0.2) is 0 Å². The van der Waals surface area contributed by atoms with Gasteiger partial charge in [0.25, 0.3) is 0 Å². The van der Waals surface area contributed by atoms with Crippen LogP contribution in [-0.4, -0.2) is 41.6 Å². The van der Waals surface area contributed by atoms with Crippen LogP contribution in [0.4, 0.5) is 4.39 Å². The monoisotopic (exact) mass is 392 g/mol. The van der Waals surface area contributed by atoms with Gasteiger partial charge >= 0.3 is 0 Å². The largest absolute Gasteiger partial charge is 0.508 e. The zero-order chi connectivity index (χ0) is 20.4. The predicted molar refractivity (Wildman–Crippen MR) is 113 cm³/mol. The summed E-state index contributed by atoms with van der Waals surface area (Å²) < 4.78 is 13.5. The first-order valence-corrected chi connectivity index (χ1v) is 10.00. The summed E-state index contributed by atoms with van der Waals surface area (Å²) in [6, 6.07) is 17.8. The van der Waals surface area contributed by atoms with Crippen molar-refractivity contribution in [3.8, 4) is 5.75 Å². The minimum Gasteiger partial charge on any atom is -0.508 e. The van der Waals surface area contributed by atoms with Crippen LogP contribution in [0.15, 0.2) is 60.7 Å². The van der Waals surface area contributed by atoms with Crippen LogP contribution in [0.1, 0.15) is 30.4 Å². The van der Waals surface area contributed by atoms with E-state index in [1.54, 1.807) is 18.2 Å². The first-order chi connectivity index (χ1) is 14.0. The molecule has 2 atom stereocenters. The molecule has 0 saturated carbocycles. The van der Waals surface area contributed by atoms with Crippen LogP contribution >= 0.6 is 0 Å². The second-order valence-corrected chi connectivity index (χ2v) is 7.72. The molecule has 1 saturated heterocycles. The molecule has 29 heavy (non-hydrogen) atoms. The van der Waals surface area contributed by atoms with E-state index in [1.165, 1.54) is 12.1 Å². The summed E-state index contributed by atoms with van der Waals surface area (Å²) in [6.45, 7) is 4.17. The fourth-order valence-corrected chi connectivity index (χ4v) is 4.19. The number of aromatic hydroxyl groups is 1. The fraction of sp³-hybridized carbons (Fsp3) is 0.292. The normalized spacial score (nSPS) is 18.0. The summed E-state index contributed by atoms with van der Waals surface area (Å²) in [6.07, 6.45) is 0.222. The number of rotatable bonds is 4. The lowest BCUT2D eigenvalue weighted by Crippen LogP contribution is -2.51. The van der Waals surface area contributed by atoms with E-state index < -0.39 is 0 Å². The molecule has 4 nitrogen and oxygen atoms in total. The minimum atomic E-state index is -0.362. The Bertz CT molecular complexity index is 1020. The van der Waals surface area contributed by atoms with Crippen molar-refractivity contribution < 1.29 is 14.3 Å². The van der Waals surface area contributed by atoms with Gasteiger partial charge < -0.3 is 15.3 Å². The molecule has 0 radical (unpaired) electrons. The molecule has 0 aromatic heterocycles. The number of fused-ring (bicyclic) bond motifs is 1. The molecule has 3 aromatic carbocycles. The van der Waals surface area contributed by atoms with Crippen LogP contribution in [0, 0.1) is 5.82 Å². The van der Waals surface area contributed by atoms with Crippen LogP contribution in [-0.2, 0) is 4.79 Å². The molecule has 1 heterocycles. The molecule has 1 aliphatic heterocycles. The van der Waals surface area contributed by atoms with Crippen molar-refractivity contribution in [2.24, 2.45) is 0 Å². The van der Waals surface area contributed by atoms with Gasteiger partial charge in [-0.25, -0.2) is 4.39 Å². The molecular weight excluding hydrogens is 367 g/mol. The highest BCUT2D eigenvalue weighted by Gasteiger charge is 2.27. The Morgan fingerprint density at radius 1 is 1.17 bits per heavy atom. The molecule has 0 bridgehead atoms. The Morgan fingerprint density at radius 3 is 2.69 bits per heavy atom. The van der Waals surface area contributed by atoms with Crippen LogP contribution in [0.25, 0.3) is 10.8 Å². The number of benzene rings is 3. The van der Waals surface area contributed by atoms with E-state index in [9.17, 15) is 14.3 Å². The van der Waals surface area contributed by atoms with Crippen molar-refractivity contribution in [2.45, 2.75) is 25.3 Å². The lowest BCUT2D eigenvalue weighted by atomic mass is 9.84. The average Bonchev–Trinajstić information content (AvgIpc) is 2.73. The summed E-state index contributed by atoms with van der Waals surface area (Å²) in [5.41, 5.74) is 1.53. The number of piperazine rings is 1. The van der Waals surface area contributed by atoms with E-state index in [2.05, 4.69) is 12.2 Å². The molecule has 5 heteroatoms. The van der Waals surface area contributed by atoms with Crippen LogP contribution in [0.5, 0.6) is 5.75 Å². The Hall–Kier alpha value is -2.92. The van der Waals surface area contributed by atoms with Crippen molar-refractivity contribution in [2.75, 3.05) is 19.6 Å². The van der Waals surface area contributed by atoms with Gasteiger partial charge in [-0.05, 0) is 41.5 Å². The molecule has 1 fully saturated rings. The van der Waals surface area contributed by atoms with E-state index in [1.807, 2.05) is 35.2 Å². The molecule has 4 rings (SSSR count). The molecular formula is C24H25FN2O2. The van der Waals surface area contributed by atoms with Crippen LogP contribution in [0.3, 0.4) is 0 Å². The van der Waals surface area contributed by atoms with Gasteiger partial charge in [-0.1, -0.05) is 42.5 Å². The first-order valence-electron chi connectivity index (χ1n) is 10.00. The standard InChI is InChI=1S/C24H25FN2O2/c1-16-15-27(13-12-26-16)23(29)14-21(18-6-9-19(25)10-7-18)24-20-5-3-2-4-17(20)8-11-22(24)28/h2-11,16,21,26,28H,12-15H2,1H3. The molecule has 2 N–H and O–H groups in total. The molecule has 3 aromatic rings. The molecule has 150 valence electrons. The van der Waals surface area contributed by atoms with E-state index in [4.69, 9.17) is 0 Å².